The number of nitrogens with one attached hydrogen (secondary N) is 1. The normalized spacial score (nSPS) is 20.0. The molecule has 0 aliphatic carbocycles. The van der Waals surface area contributed by atoms with E-state index < -0.39 is 0 Å². The predicted octanol–water partition coefficient (Wildman–Crippen LogP) is 2.26. The third-order valence-corrected chi connectivity index (χ3v) is 2.54. The number of nitrogens with zero attached hydrogens (tertiary/aromatic N) is 2. The van der Waals surface area contributed by atoms with E-state index in [0.717, 1.165) is 18.0 Å². The molecule has 0 amide bonds. The first-order valence-electron chi connectivity index (χ1n) is 5.41. The van der Waals surface area contributed by atoms with Crippen molar-refractivity contribution in [1.29, 1.82) is 0 Å². The summed E-state index contributed by atoms with van der Waals surface area (Å²) >= 11 is 5.01. The fourth-order valence-corrected chi connectivity index (χ4v) is 2.00. The van der Waals surface area contributed by atoms with Crippen LogP contribution < -0.4 is 10.1 Å². The molecule has 2 rings (SSSR count). The van der Waals surface area contributed by atoms with Crippen LogP contribution in [-0.4, -0.2) is 15.0 Å². The molecule has 1 aromatic heterocycles. The first-order valence-corrected chi connectivity index (χ1v) is 5.82. The Morgan fingerprint density at radius 2 is 2.25 bits per heavy atom. The van der Waals surface area contributed by atoms with Gasteiger partial charge in [0.2, 0.25) is 0 Å². The SMILES string of the molecule is CC1NC(=S)Oc2cn(CC(C)(C)C)nc21. The molecule has 0 saturated heterocycles. The number of fused-ring (bicyclic) bond motifs is 1. The summed E-state index contributed by atoms with van der Waals surface area (Å²) in [7, 11) is 0. The number of rotatable bonds is 1. The van der Waals surface area contributed by atoms with Crippen LogP contribution in [0.1, 0.15) is 39.4 Å². The van der Waals surface area contributed by atoms with Crippen LogP contribution in [0.4, 0.5) is 0 Å². The van der Waals surface area contributed by atoms with Crippen LogP contribution in [0.25, 0.3) is 0 Å². The Morgan fingerprint density at radius 3 is 2.88 bits per heavy atom. The third-order valence-electron chi connectivity index (χ3n) is 2.34. The van der Waals surface area contributed by atoms with E-state index in [2.05, 4.69) is 31.2 Å². The lowest BCUT2D eigenvalue weighted by molar-refractivity contribution is 0.323. The zero-order chi connectivity index (χ0) is 11.9. The number of thiocarbonyl (C=S) groups is 1. The fraction of sp³-hybridized carbons (Fsp3) is 0.636. The van der Waals surface area contributed by atoms with Crippen molar-refractivity contribution in [2.24, 2.45) is 5.41 Å². The second-order valence-electron chi connectivity index (χ2n) is 5.39. The highest BCUT2D eigenvalue weighted by Gasteiger charge is 2.25. The van der Waals surface area contributed by atoms with E-state index in [-0.39, 0.29) is 11.5 Å². The molecule has 0 fully saturated rings. The van der Waals surface area contributed by atoms with Gasteiger partial charge in [-0.1, -0.05) is 20.8 Å². The van der Waals surface area contributed by atoms with Crippen LogP contribution in [0.2, 0.25) is 0 Å². The van der Waals surface area contributed by atoms with Crippen LogP contribution in [-0.2, 0) is 6.54 Å². The second-order valence-corrected chi connectivity index (χ2v) is 5.76. The standard InChI is InChI=1S/C11H17N3OS/c1-7-9-8(15-10(16)12-7)5-14(13-9)6-11(2,3)4/h5,7H,6H2,1-4H3,(H,12,16). The summed E-state index contributed by atoms with van der Waals surface area (Å²) in [5, 5.41) is 7.99. The number of hydrogen-bond acceptors (Lipinski definition) is 3. The topological polar surface area (TPSA) is 39.1 Å². The van der Waals surface area contributed by atoms with Crippen molar-refractivity contribution in [2.75, 3.05) is 0 Å². The van der Waals surface area contributed by atoms with E-state index in [9.17, 15) is 0 Å². The molecule has 1 unspecified atom stereocenters. The van der Waals surface area contributed by atoms with E-state index >= 15 is 0 Å². The Morgan fingerprint density at radius 1 is 1.56 bits per heavy atom. The van der Waals surface area contributed by atoms with Crippen molar-refractivity contribution in [3.8, 4) is 5.75 Å². The summed E-state index contributed by atoms with van der Waals surface area (Å²) in [6.45, 7) is 9.44. The van der Waals surface area contributed by atoms with Crippen molar-refractivity contribution in [2.45, 2.75) is 40.3 Å². The van der Waals surface area contributed by atoms with E-state index in [0.29, 0.717) is 5.17 Å². The molecule has 0 saturated carbocycles. The van der Waals surface area contributed by atoms with E-state index in [4.69, 9.17) is 17.0 Å². The van der Waals surface area contributed by atoms with Gasteiger partial charge in [-0.25, -0.2) is 0 Å². The lowest BCUT2D eigenvalue weighted by Crippen LogP contribution is -2.33. The highest BCUT2D eigenvalue weighted by atomic mass is 32.1. The molecule has 1 aromatic rings. The van der Waals surface area contributed by atoms with Crippen LogP contribution in [0.5, 0.6) is 5.75 Å². The molecule has 0 spiro atoms. The van der Waals surface area contributed by atoms with Gasteiger partial charge in [0.25, 0.3) is 5.17 Å². The molecule has 1 aliphatic heterocycles. The van der Waals surface area contributed by atoms with Crippen molar-refractivity contribution in [1.82, 2.24) is 15.1 Å². The molecular weight excluding hydrogens is 222 g/mol. The molecule has 1 aliphatic rings. The van der Waals surface area contributed by atoms with E-state index in [1.165, 1.54) is 0 Å². The molecule has 0 bridgehead atoms. The van der Waals surface area contributed by atoms with Crippen molar-refractivity contribution < 1.29 is 4.74 Å². The van der Waals surface area contributed by atoms with Gasteiger partial charge in [-0.2, -0.15) is 5.10 Å². The summed E-state index contributed by atoms with van der Waals surface area (Å²) in [6, 6.07) is 0.123. The lowest BCUT2D eigenvalue weighted by Gasteiger charge is -2.20. The number of hydrogen-bond donors (Lipinski definition) is 1. The van der Waals surface area contributed by atoms with Gasteiger partial charge in [0, 0.05) is 6.54 Å². The molecule has 1 N–H and O–H groups in total. The molecule has 0 radical (unpaired) electrons. The van der Waals surface area contributed by atoms with Crippen molar-refractivity contribution in [3.63, 3.8) is 0 Å². The fourth-order valence-electron chi connectivity index (χ4n) is 1.74. The smallest absolute Gasteiger partial charge is 0.262 e. The van der Waals surface area contributed by atoms with Gasteiger partial charge in [0.05, 0.1) is 12.2 Å². The minimum atomic E-state index is 0.123. The molecular formula is C11H17N3OS. The average molecular weight is 239 g/mol. The van der Waals surface area contributed by atoms with Gasteiger partial charge >= 0.3 is 0 Å². The Labute approximate surface area is 101 Å². The monoisotopic (exact) mass is 239 g/mol. The summed E-state index contributed by atoms with van der Waals surface area (Å²) in [5.41, 5.74) is 1.13. The Kier molecular flexibility index (Phi) is 2.66. The Bertz CT molecular complexity index is 419. The molecule has 0 aromatic carbocycles. The van der Waals surface area contributed by atoms with Crippen LogP contribution in [0.3, 0.4) is 0 Å². The number of ether oxygens (including phenoxy) is 1. The minimum absolute atomic E-state index is 0.123. The van der Waals surface area contributed by atoms with E-state index in [1.54, 1.807) is 0 Å². The third kappa shape index (κ3) is 2.35. The van der Waals surface area contributed by atoms with Gasteiger partial charge in [0.1, 0.15) is 5.69 Å². The van der Waals surface area contributed by atoms with Gasteiger partial charge < -0.3 is 10.1 Å². The van der Waals surface area contributed by atoms with Gasteiger partial charge in [0.15, 0.2) is 5.75 Å². The Hall–Kier alpha value is -1.10. The first kappa shape index (κ1) is 11.4. The summed E-state index contributed by atoms with van der Waals surface area (Å²) in [6.07, 6.45) is 1.92. The maximum absolute atomic E-state index is 5.43. The summed E-state index contributed by atoms with van der Waals surface area (Å²) in [5.74, 6) is 0.778. The van der Waals surface area contributed by atoms with Gasteiger partial charge in [-0.15, -0.1) is 0 Å². The maximum Gasteiger partial charge on any atom is 0.262 e. The van der Waals surface area contributed by atoms with Crippen molar-refractivity contribution in [3.05, 3.63) is 11.9 Å². The van der Waals surface area contributed by atoms with Crippen LogP contribution >= 0.6 is 12.2 Å². The largest absolute Gasteiger partial charge is 0.428 e. The Balaban J connectivity index is 2.26. The van der Waals surface area contributed by atoms with Crippen LogP contribution in [0, 0.1) is 5.41 Å². The average Bonchev–Trinajstić information content (AvgIpc) is 2.43. The maximum atomic E-state index is 5.43. The van der Waals surface area contributed by atoms with Gasteiger partial charge in [-0.05, 0) is 24.6 Å². The zero-order valence-electron chi connectivity index (χ0n) is 10.1. The van der Waals surface area contributed by atoms with Crippen LogP contribution in [0.15, 0.2) is 6.20 Å². The molecule has 2 heterocycles. The molecule has 4 nitrogen and oxygen atoms in total. The van der Waals surface area contributed by atoms with Gasteiger partial charge in [-0.3, -0.25) is 4.68 Å². The highest BCUT2D eigenvalue weighted by molar-refractivity contribution is 7.80. The molecule has 5 heteroatoms. The van der Waals surface area contributed by atoms with E-state index in [1.807, 2.05) is 17.8 Å². The molecule has 1 atom stereocenters. The first-order chi connectivity index (χ1) is 7.35. The highest BCUT2D eigenvalue weighted by Crippen LogP contribution is 2.28. The zero-order valence-corrected chi connectivity index (χ0v) is 10.9. The quantitative estimate of drug-likeness (QED) is 0.763. The lowest BCUT2D eigenvalue weighted by atomic mass is 9.97. The molecule has 88 valence electrons. The number of aromatic nitrogens is 2. The van der Waals surface area contributed by atoms with Crippen molar-refractivity contribution >= 4 is 17.4 Å². The molecule has 16 heavy (non-hydrogen) atoms. The summed E-state index contributed by atoms with van der Waals surface area (Å²) < 4.78 is 7.36. The minimum Gasteiger partial charge on any atom is -0.428 e. The summed E-state index contributed by atoms with van der Waals surface area (Å²) in [4.78, 5) is 0. The second kappa shape index (κ2) is 3.73. The predicted molar refractivity (Wildman–Crippen MR) is 66.5 cm³/mol.